The SMILES string of the molecule is CCc1c(/C(C)=C/C(C(C)N=O)C(CC)C(C)=O)nc2cc(F)c(C)c3c2c1C(C)CS3. The first-order chi connectivity index (χ1) is 15.2. The lowest BCUT2D eigenvalue weighted by atomic mass is 9.80. The van der Waals surface area contributed by atoms with Crippen LogP contribution < -0.4 is 0 Å². The Morgan fingerprint density at radius 1 is 1.38 bits per heavy atom. The largest absolute Gasteiger partial charge is 0.300 e. The molecule has 3 rings (SSSR count). The lowest BCUT2D eigenvalue weighted by Crippen LogP contribution is -2.27. The molecular weight excluding hydrogens is 423 g/mol. The Labute approximate surface area is 194 Å². The van der Waals surface area contributed by atoms with Crippen molar-refractivity contribution < 1.29 is 9.18 Å². The molecule has 1 aliphatic heterocycles. The van der Waals surface area contributed by atoms with E-state index in [-0.39, 0.29) is 23.4 Å². The minimum atomic E-state index is -0.523. The van der Waals surface area contributed by atoms with Gasteiger partial charge in [0.25, 0.3) is 0 Å². The standard InChI is InChI=1S/C26H33FN2O2S/c1-8-18(17(7)30)20(16(6)29-31)10-13(3)25-19(9-2)23-14(4)12-32-26-15(5)21(27)11-22(28-25)24(23)26/h10-11,14,16,18,20H,8-9,12H2,1-7H3/b13-10+. The van der Waals surface area contributed by atoms with Crippen molar-refractivity contribution in [1.29, 1.82) is 0 Å². The third kappa shape index (κ3) is 4.26. The number of nitroso groups, excluding NO2 is 1. The molecule has 1 aliphatic rings. The summed E-state index contributed by atoms with van der Waals surface area (Å²) in [6.07, 6.45) is 3.44. The van der Waals surface area contributed by atoms with Crippen LogP contribution in [0.15, 0.2) is 22.2 Å². The Morgan fingerprint density at radius 2 is 2.06 bits per heavy atom. The minimum absolute atomic E-state index is 0.0576. The molecule has 0 N–H and O–H groups in total. The van der Waals surface area contributed by atoms with Gasteiger partial charge in [0.15, 0.2) is 0 Å². The first-order valence-electron chi connectivity index (χ1n) is 11.5. The molecule has 0 spiro atoms. The van der Waals surface area contributed by atoms with Gasteiger partial charge in [0.1, 0.15) is 11.6 Å². The fourth-order valence-corrected chi connectivity index (χ4v) is 6.34. The number of allylic oxidation sites excluding steroid dienone is 1. The second kappa shape index (κ2) is 9.82. The number of pyridine rings is 1. The number of halogens is 1. The van der Waals surface area contributed by atoms with Crippen LogP contribution in [0, 0.1) is 29.5 Å². The quantitative estimate of drug-likeness (QED) is 0.393. The molecule has 4 unspecified atom stereocenters. The number of aromatic nitrogens is 1. The zero-order valence-corrected chi connectivity index (χ0v) is 20.9. The number of carbonyl (C=O) groups excluding carboxylic acids is 1. The van der Waals surface area contributed by atoms with Crippen molar-refractivity contribution in [3.8, 4) is 0 Å². The summed E-state index contributed by atoms with van der Waals surface area (Å²) in [4.78, 5) is 29.6. The molecule has 0 saturated carbocycles. The van der Waals surface area contributed by atoms with E-state index in [2.05, 4.69) is 19.0 Å². The Balaban J connectivity index is 2.29. The highest BCUT2D eigenvalue weighted by Crippen LogP contribution is 2.46. The van der Waals surface area contributed by atoms with Crippen molar-refractivity contribution in [3.63, 3.8) is 0 Å². The van der Waals surface area contributed by atoms with Crippen LogP contribution in [0.5, 0.6) is 0 Å². The van der Waals surface area contributed by atoms with Crippen LogP contribution in [-0.4, -0.2) is 22.6 Å². The molecular formula is C26H33FN2O2S. The number of carbonyl (C=O) groups is 1. The molecule has 4 nitrogen and oxygen atoms in total. The predicted molar refractivity (Wildman–Crippen MR) is 132 cm³/mol. The second-order valence-electron chi connectivity index (χ2n) is 9.02. The van der Waals surface area contributed by atoms with Crippen LogP contribution in [-0.2, 0) is 11.2 Å². The topological polar surface area (TPSA) is 59.4 Å². The summed E-state index contributed by atoms with van der Waals surface area (Å²) in [5.74, 6) is 0.487. The van der Waals surface area contributed by atoms with Gasteiger partial charge in [-0.2, -0.15) is 4.91 Å². The van der Waals surface area contributed by atoms with Crippen molar-refractivity contribution in [2.75, 3.05) is 5.75 Å². The highest BCUT2D eigenvalue weighted by atomic mass is 32.2. The Morgan fingerprint density at radius 3 is 2.62 bits per heavy atom. The number of hydrogen-bond acceptors (Lipinski definition) is 5. The smallest absolute Gasteiger partial charge is 0.133 e. The molecule has 32 heavy (non-hydrogen) atoms. The third-order valence-electron chi connectivity index (χ3n) is 6.85. The molecule has 1 aromatic carbocycles. The lowest BCUT2D eigenvalue weighted by Gasteiger charge is -2.28. The van der Waals surface area contributed by atoms with Gasteiger partial charge in [0, 0.05) is 33.9 Å². The number of benzene rings is 1. The molecule has 1 aromatic heterocycles. The van der Waals surface area contributed by atoms with E-state index >= 15 is 0 Å². The van der Waals surface area contributed by atoms with Gasteiger partial charge in [0.05, 0.1) is 17.3 Å². The van der Waals surface area contributed by atoms with Gasteiger partial charge in [-0.1, -0.05) is 32.0 Å². The predicted octanol–water partition coefficient (Wildman–Crippen LogP) is 7.24. The fourth-order valence-electron chi connectivity index (χ4n) is 5.09. The monoisotopic (exact) mass is 456 g/mol. The second-order valence-corrected chi connectivity index (χ2v) is 10.1. The molecule has 172 valence electrons. The molecule has 0 fully saturated rings. The van der Waals surface area contributed by atoms with Crippen LogP contribution in [0.25, 0.3) is 16.5 Å². The molecule has 2 heterocycles. The zero-order valence-electron chi connectivity index (χ0n) is 20.1. The van der Waals surface area contributed by atoms with Crippen LogP contribution in [0.2, 0.25) is 0 Å². The summed E-state index contributed by atoms with van der Waals surface area (Å²) in [6, 6.07) is 1.02. The van der Waals surface area contributed by atoms with E-state index in [0.29, 0.717) is 23.4 Å². The van der Waals surface area contributed by atoms with Crippen LogP contribution in [0.1, 0.15) is 76.3 Å². The average molecular weight is 457 g/mol. The van der Waals surface area contributed by atoms with E-state index in [4.69, 9.17) is 4.98 Å². The average Bonchev–Trinajstić information content (AvgIpc) is 2.76. The van der Waals surface area contributed by atoms with Gasteiger partial charge in [-0.25, -0.2) is 9.37 Å². The summed E-state index contributed by atoms with van der Waals surface area (Å²) in [5, 5.41) is 4.33. The highest BCUT2D eigenvalue weighted by Gasteiger charge is 2.30. The maximum absolute atomic E-state index is 14.7. The molecule has 0 bridgehead atoms. The van der Waals surface area contributed by atoms with Crippen LogP contribution >= 0.6 is 11.8 Å². The normalized spacial score (nSPS) is 19.0. The zero-order chi connectivity index (χ0) is 23.7. The summed E-state index contributed by atoms with van der Waals surface area (Å²) in [6.45, 7) is 13.5. The first-order valence-corrected chi connectivity index (χ1v) is 12.4. The minimum Gasteiger partial charge on any atom is -0.300 e. The van der Waals surface area contributed by atoms with Gasteiger partial charge in [-0.15, -0.1) is 11.8 Å². The van der Waals surface area contributed by atoms with Gasteiger partial charge < -0.3 is 0 Å². The van der Waals surface area contributed by atoms with Crippen molar-refractivity contribution in [2.45, 2.75) is 78.2 Å². The number of thioether (sulfide) groups is 1. The van der Waals surface area contributed by atoms with E-state index in [0.717, 1.165) is 33.7 Å². The Hall–Kier alpha value is -2.08. The van der Waals surface area contributed by atoms with Gasteiger partial charge in [-0.05, 0) is 68.7 Å². The summed E-state index contributed by atoms with van der Waals surface area (Å²) < 4.78 is 14.7. The maximum atomic E-state index is 14.7. The van der Waals surface area contributed by atoms with Crippen molar-refractivity contribution in [1.82, 2.24) is 4.98 Å². The number of nitrogens with zero attached hydrogens (tertiary/aromatic N) is 2. The van der Waals surface area contributed by atoms with Crippen LogP contribution in [0.4, 0.5) is 4.39 Å². The van der Waals surface area contributed by atoms with Gasteiger partial charge >= 0.3 is 0 Å². The molecule has 6 heteroatoms. The number of rotatable bonds is 8. The van der Waals surface area contributed by atoms with Crippen molar-refractivity contribution >= 4 is 34.0 Å². The molecule has 0 saturated heterocycles. The molecule has 0 radical (unpaired) electrons. The Kier molecular flexibility index (Phi) is 7.53. The van der Waals surface area contributed by atoms with Gasteiger partial charge in [-0.3, -0.25) is 4.79 Å². The van der Waals surface area contributed by atoms with E-state index in [1.165, 1.54) is 11.1 Å². The van der Waals surface area contributed by atoms with E-state index in [1.54, 1.807) is 31.7 Å². The van der Waals surface area contributed by atoms with Crippen molar-refractivity contribution in [3.05, 3.63) is 45.3 Å². The summed E-state index contributed by atoms with van der Waals surface area (Å²) in [5.41, 5.74) is 5.55. The van der Waals surface area contributed by atoms with Crippen molar-refractivity contribution in [2.24, 2.45) is 17.0 Å². The molecule has 2 aromatic rings. The van der Waals surface area contributed by atoms with E-state index in [1.807, 2.05) is 26.8 Å². The van der Waals surface area contributed by atoms with E-state index in [9.17, 15) is 14.1 Å². The summed E-state index contributed by atoms with van der Waals surface area (Å²) >= 11 is 1.71. The third-order valence-corrected chi connectivity index (χ3v) is 8.31. The first kappa shape index (κ1) is 24.6. The fraction of sp³-hybridized carbons (Fsp3) is 0.538. The highest BCUT2D eigenvalue weighted by molar-refractivity contribution is 7.99. The Bertz CT molecular complexity index is 1100. The van der Waals surface area contributed by atoms with Gasteiger partial charge in [0.2, 0.25) is 0 Å². The number of hydrogen-bond donors (Lipinski definition) is 0. The number of Topliss-reactive ketones (excluding diaryl/α,β-unsaturated/α-hetero) is 1. The lowest BCUT2D eigenvalue weighted by molar-refractivity contribution is -0.122. The number of ketones is 1. The molecule has 0 aliphatic carbocycles. The maximum Gasteiger partial charge on any atom is 0.133 e. The van der Waals surface area contributed by atoms with Crippen LogP contribution in [0.3, 0.4) is 0 Å². The van der Waals surface area contributed by atoms with E-state index < -0.39 is 6.04 Å². The molecule has 0 amide bonds. The molecule has 4 atom stereocenters. The summed E-state index contributed by atoms with van der Waals surface area (Å²) in [7, 11) is 0.